The van der Waals surface area contributed by atoms with Crippen LogP contribution in [0.3, 0.4) is 0 Å². The van der Waals surface area contributed by atoms with Crippen molar-refractivity contribution < 1.29 is 31.5 Å². The van der Waals surface area contributed by atoms with Crippen molar-refractivity contribution in [1.82, 2.24) is 18.8 Å². The van der Waals surface area contributed by atoms with Gasteiger partial charge in [-0.1, -0.05) is 12.1 Å². The quantitative estimate of drug-likeness (QED) is 0.292. The van der Waals surface area contributed by atoms with Gasteiger partial charge in [0.15, 0.2) is 0 Å². The molecule has 0 aliphatic carbocycles. The van der Waals surface area contributed by atoms with Crippen molar-refractivity contribution in [1.29, 1.82) is 0 Å². The third-order valence-electron chi connectivity index (χ3n) is 5.87. The van der Waals surface area contributed by atoms with E-state index in [9.17, 15) is 41.1 Å². The van der Waals surface area contributed by atoms with Crippen molar-refractivity contribution in [2.24, 2.45) is 0 Å². The van der Waals surface area contributed by atoms with Crippen LogP contribution in [0.5, 0.6) is 5.75 Å². The lowest BCUT2D eigenvalue weighted by atomic mass is 10.1. The molecule has 15 heteroatoms. The highest BCUT2D eigenvalue weighted by Gasteiger charge is 2.34. The van der Waals surface area contributed by atoms with E-state index in [0.29, 0.717) is 22.5 Å². The minimum atomic E-state index is -4.82. The maximum Gasteiger partial charge on any atom is 0.416 e. The first-order valence-corrected chi connectivity index (χ1v) is 13.8. The monoisotopic (exact) mass is 578 g/mol. The number of phenolic OH excluding ortho intramolecular Hbond substituents is 1. The Hall–Kier alpha value is -4.37. The molecule has 202 valence electrons. The van der Waals surface area contributed by atoms with E-state index in [-0.39, 0.29) is 34.1 Å². The Balaban J connectivity index is 1.95. The highest BCUT2D eigenvalue weighted by Crippen LogP contribution is 2.36. The summed E-state index contributed by atoms with van der Waals surface area (Å²) in [5.41, 5.74) is -3.60. The molecule has 3 aromatic heterocycles. The molecule has 0 fully saturated rings. The molecule has 0 atom stereocenters. The van der Waals surface area contributed by atoms with Crippen LogP contribution in [0.1, 0.15) is 21.6 Å². The van der Waals surface area contributed by atoms with Crippen LogP contribution in [0.25, 0.3) is 27.5 Å². The first-order chi connectivity index (χ1) is 18.2. The fourth-order valence-corrected chi connectivity index (χ4v) is 5.52. The number of halogens is 3. The van der Waals surface area contributed by atoms with E-state index in [1.807, 2.05) is 0 Å². The molecule has 0 spiro atoms. The highest BCUT2D eigenvalue weighted by atomic mass is 32.2. The molecule has 3 heterocycles. The molecule has 0 saturated heterocycles. The number of aromatic hydroxyl groups is 1. The van der Waals surface area contributed by atoms with Gasteiger partial charge in [0.05, 0.1) is 33.9 Å². The summed E-state index contributed by atoms with van der Waals surface area (Å²) in [6, 6.07) is 8.28. The number of alkyl halides is 3. The minimum absolute atomic E-state index is 0.00305. The van der Waals surface area contributed by atoms with Crippen LogP contribution < -0.4 is 16.0 Å². The number of sulfonamides is 1. The van der Waals surface area contributed by atoms with Crippen LogP contribution >= 0.6 is 11.3 Å². The number of aromatic amines is 1. The van der Waals surface area contributed by atoms with E-state index in [0.717, 1.165) is 23.5 Å². The minimum Gasteiger partial charge on any atom is -0.508 e. The maximum atomic E-state index is 13.7. The van der Waals surface area contributed by atoms with E-state index in [2.05, 4.69) is 4.98 Å². The van der Waals surface area contributed by atoms with Gasteiger partial charge < -0.3 is 14.7 Å². The fraction of sp³-hybridized carbons (Fsp3) is 0.125. The zero-order chi connectivity index (χ0) is 28.3. The molecule has 3 N–H and O–H groups in total. The summed E-state index contributed by atoms with van der Waals surface area (Å²) >= 11 is 1.10. The maximum absolute atomic E-state index is 13.7. The van der Waals surface area contributed by atoms with Crippen LogP contribution in [0.15, 0.2) is 62.8 Å². The number of H-pyrrole nitrogens is 1. The Labute approximate surface area is 220 Å². The van der Waals surface area contributed by atoms with Crippen molar-refractivity contribution in [3.63, 3.8) is 0 Å². The Morgan fingerprint density at radius 3 is 2.51 bits per heavy atom. The number of nitrogens with one attached hydrogen (secondary N) is 2. The van der Waals surface area contributed by atoms with Crippen molar-refractivity contribution in [3.05, 3.63) is 90.9 Å². The summed E-state index contributed by atoms with van der Waals surface area (Å²) in [6.45, 7) is -0.240. The van der Waals surface area contributed by atoms with Crippen LogP contribution in [-0.2, 0) is 22.7 Å². The number of rotatable bonds is 5. The zero-order valence-electron chi connectivity index (χ0n) is 19.7. The Kier molecular flexibility index (Phi) is 6.14. The smallest absolute Gasteiger partial charge is 0.416 e. The number of carbonyl (C=O) groups excluding carboxylic acids is 1. The summed E-state index contributed by atoms with van der Waals surface area (Å²) in [5, 5.41) is 12.6. The number of phenols is 1. The predicted molar refractivity (Wildman–Crippen MR) is 138 cm³/mol. The molecule has 10 nitrogen and oxygen atoms in total. The van der Waals surface area contributed by atoms with Crippen LogP contribution in [-0.4, -0.2) is 39.8 Å². The average molecular weight is 579 g/mol. The molecule has 5 rings (SSSR count). The van der Waals surface area contributed by atoms with E-state index >= 15 is 0 Å². The molecular formula is C24H17F3N4O6S2. The van der Waals surface area contributed by atoms with Gasteiger partial charge in [-0.2, -0.15) is 13.2 Å². The topological polar surface area (TPSA) is 143 Å². The zero-order valence-corrected chi connectivity index (χ0v) is 21.4. The molecule has 0 bridgehead atoms. The number of nitrogens with zero attached hydrogens (tertiary/aromatic N) is 2. The number of carbonyl (C=O) groups is 1. The Bertz CT molecular complexity index is 2020. The van der Waals surface area contributed by atoms with Crippen molar-refractivity contribution >= 4 is 49.1 Å². The number of benzene rings is 2. The molecule has 0 radical (unpaired) electrons. The van der Waals surface area contributed by atoms with Crippen molar-refractivity contribution in [2.75, 3.05) is 6.26 Å². The Morgan fingerprint density at radius 2 is 1.85 bits per heavy atom. The number of fused-ring (bicyclic) bond motifs is 2. The van der Waals surface area contributed by atoms with Crippen molar-refractivity contribution in [2.45, 2.75) is 12.7 Å². The van der Waals surface area contributed by atoms with E-state index in [1.54, 1.807) is 10.8 Å². The van der Waals surface area contributed by atoms with Crippen LogP contribution in [0.2, 0.25) is 0 Å². The summed E-state index contributed by atoms with van der Waals surface area (Å²) in [5.74, 6) is -1.42. The van der Waals surface area contributed by atoms with Crippen molar-refractivity contribution in [3.8, 4) is 11.4 Å². The molecule has 0 unspecified atom stereocenters. The van der Waals surface area contributed by atoms with Gasteiger partial charge in [0.2, 0.25) is 10.0 Å². The standard InChI is InChI=1S/C24H17F3N4O6S2/c1-39(36,37)29-21(33)20-19(31-22(34)16-10-38-11-17(16)28-23(31)35)15-8-13(24(25,26)27)5-6-18(15)30(20)9-12-3-2-4-14(32)7-12/h2-8,10-11,32H,9H2,1H3,(H,28,35)(H,29,33). The third-order valence-corrected chi connectivity index (χ3v) is 7.17. The number of thiophene rings is 1. The van der Waals surface area contributed by atoms with Gasteiger partial charge in [-0.05, 0) is 35.9 Å². The van der Waals surface area contributed by atoms with E-state index in [1.165, 1.54) is 33.5 Å². The molecule has 0 aliphatic heterocycles. The van der Waals surface area contributed by atoms with E-state index in [4.69, 9.17) is 0 Å². The average Bonchev–Trinajstić information content (AvgIpc) is 3.40. The molecule has 1 amide bonds. The second kappa shape index (κ2) is 9.13. The molecular weight excluding hydrogens is 561 g/mol. The second-order valence-corrected chi connectivity index (χ2v) is 11.1. The van der Waals surface area contributed by atoms with Gasteiger partial charge in [0, 0.05) is 22.7 Å². The second-order valence-electron chi connectivity index (χ2n) is 8.66. The van der Waals surface area contributed by atoms with Gasteiger partial charge in [-0.15, -0.1) is 11.3 Å². The van der Waals surface area contributed by atoms with Gasteiger partial charge in [0.25, 0.3) is 11.5 Å². The Morgan fingerprint density at radius 1 is 1.10 bits per heavy atom. The lowest BCUT2D eigenvalue weighted by Crippen LogP contribution is -2.37. The molecule has 5 aromatic rings. The van der Waals surface area contributed by atoms with Gasteiger partial charge in [-0.3, -0.25) is 9.59 Å². The molecule has 2 aromatic carbocycles. The summed E-state index contributed by atoms with van der Waals surface area (Å²) in [6.07, 6.45) is -4.12. The normalized spacial score (nSPS) is 12.3. The number of hydrogen-bond donors (Lipinski definition) is 3. The SMILES string of the molecule is CS(=O)(=O)NC(=O)c1c(-n2c(=O)[nH]c3cscc3c2=O)c2cc(C(F)(F)F)ccc2n1Cc1cccc(O)c1. The van der Waals surface area contributed by atoms with Crippen LogP contribution in [0, 0.1) is 0 Å². The van der Waals surface area contributed by atoms with Gasteiger partial charge in [-0.25, -0.2) is 22.5 Å². The first kappa shape index (κ1) is 26.2. The predicted octanol–water partition coefficient (Wildman–Crippen LogP) is 3.16. The third kappa shape index (κ3) is 4.81. The lowest BCUT2D eigenvalue weighted by Gasteiger charge is -2.13. The van der Waals surface area contributed by atoms with Crippen LogP contribution in [0.4, 0.5) is 13.2 Å². The number of amides is 1. The first-order valence-electron chi connectivity index (χ1n) is 11.0. The number of aromatic nitrogens is 3. The number of hydrogen-bond acceptors (Lipinski definition) is 7. The summed E-state index contributed by atoms with van der Waals surface area (Å²) < 4.78 is 68.6. The van der Waals surface area contributed by atoms with Gasteiger partial charge >= 0.3 is 11.9 Å². The largest absolute Gasteiger partial charge is 0.508 e. The van der Waals surface area contributed by atoms with E-state index < -0.39 is 50.3 Å². The summed E-state index contributed by atoms with van der Waals surface area (Å²) in [7, 11) is -4.19. The lowest BCUT2D eigenvalue weighted by molar-refractivity contribution is -0.137. The highest BCUT2D eigenvalue weighted by molar-refractivity contribution is 7.89. The van der Waals surface area contributed by atoms with Gasteiger partial charge in [0.1, 0.15) is 11.4 Å². The summed E-state index contributed by atoms with van der Waals surface area (Å²) in [4.78, 5) is 42.5. The molecule has 0 saturated carbocycles. The molecule has 0 aliphatic rings. The fourth-order valence-electron chi connectivity index (χ4n) is 4.33. The molecule has 39 heavy (non-hydrogen) atoms.